The van der Waals surface area contributed by atoms with Gasteiger partial charge in [0, 0.05) is 23.5 Å². The van der Waals surface area contributed by atoms with Crippen molar-refractivity contribution in [1.82, 2.24) is 15.2 Å². The first kappa shape index (κ1) is 15.9. The lowest BCUT2D eigenvalue weighted by atomic mass is 10.0. The molecule has 6 heteroatoms. The first-order valence-corrected chi connectivity index (χ1v) is 8.32. The number of H-pyrrole nitrogens is 1. The van der Waals surface area contributed by atoms with Gasteiger partial charge in [0.15, 0.2) is 0 Å². The van der Waals surface area contributed by atoms with Crippen molar-refractivity contribution in [3.05, 3.63) is 71.4 Å². The first-order valence-electron chi connectivity index (χ1n) is 8.32. The van der Waals surface area contributed by atoms with Crippen LogP contribution in [0.2, 0.25) is 0 Å². The second-order valence-corrected chi connectivity index (χ2v) is 6.26. The molecule has 1 atom stereocenters. The Balaban J connectivity index is 1.55. The Morgan fingerprint density at radius 1 is 1.04 bits per heavy atom. The number of aromatic nitrogens is 1. The second-order valence-electron chi connectivity index (χ2n) is 6.26. The number of carbonyl (C=O) groups excluding carboxylic acids is 2. The number of para-hydroxylation sites is 1. The van der Waals surface area contributed by atoms with E-state index in [0.717, 1.165) is 16.5 Å². The van der Waals surface area contributed by atoms with Crippen LogP contribution < -0.4 is 5.32 Å². The highest BCUT2D eigenvalue weighted by atomic mass is 16.2. The largest absolute Gasteiger partial charge is 0.361 e. The molecule has 0 bridgehead atoms. The van der Waals surface area contributed by atoms with Crippen molar-refractivity contribution in [2.45, 2.75) is 19.0 Å². The fourth-order valence-electron chi connectivity index (χ4n) is 3.32. The Bertz CT molecular complexity index is 1050. The number of nitrogens with one attached hydrogen (secondary N) is 2. The van der Waals surface area contributed by atoms with Crippen molar-refractivity contribution in [1.29, 1.82) is 5.26 Å². The molecule has 1 saturated heterocycles. The molecule has 0 spiro atoms. The summed E-state index contributed by atoms with van der Waals surface area (Å²) in [4.78, 5) is 29.4. The van der Waals surface area contributed by atoms with Gasteiger partial charge in [0.25, 0.3) is 5.91 Å². The highest BCUT2D eigenvalue weighted by Crippen LogP contribution is 2.22. The highest BCUT2D eigenvalue weighted by molar-refractivity contribution is 6.04. The maximum Gasteiger partial charge on any atom is 0.325 e. The molecule has 1 unspecified atom stereocenters. The van der Waals surface area contributed by atoms with Crippen LogP contribution in [-0.4, -0.2) is 27.9 Å². The molecule has 0 saturated carbocycles. The molecule has 2 heterocycles. The minimum Gasteiger partial charge on any atom is -0.361 e. The Morgan fingerprint density at radius 2 is 1.81 bits per heavy atom. The van der Waals surface area contributed by atoms with E-state index in [9.17, 15) is 14.9 Å². The molecule has 1 fully saturated rings. The molecule has 6 nitrogen and oxygen atoms in total. The number of aromatic amines is 1. The number of imide groups is 1. The maximum absolute atomic E-state index is 12.7. The summed E-state index contributed by atoms with van der Waals surface area (Å²) in [6.45, 7) is 0.0960. The number of rotatable bonds is 4. The molecule has 128 valence electrons. The number of nitriles is 1. The molecule has 3 amide bonds. The average molecular weight is 344 g/mol. The molecule has 2 N–H and O–H groups in total. The zero-order valence-corrected chi connectivity index (χ0v) is 13.9. The van der Waals surface area contributed by atoms with Crippen molar-refractivity contribution < 1.29 is 9.59 Å². The van der Waals surface area contributed by atoms with E-state index in [2.05, 4.69) is 16.4 Å². The summed E-state index contributed by atoms with van der Waals surface area (Å²) in [6, 6.07) is 15.9. The Labute approximate surface area is 150 Å². The normalized spacial score (nSPS) is 16.7. The Morgan fingerprint density at radius 3 is 2.65 bits per heavy atom. The molecule has 3 aromatic rings. The number of urea groups is 1. The summed E-state index contributed by atoms with van der Waals surface area (Å²) in [7, 11) is 0. The van der Waals surface area contributed by atoms with Gasteiger partial charge in [-0.3, -0.25) is 9.69 Å². The van der Waals surface area contributed by atoms with E-state index in [4.69, 9.17) is 0 Å². The van der Waals surface area contributed by atoms with E-state index >= 15 is 0 Å². The molecule has 1 aliphatic rings. The number of hydrogen-bond donors (Lipinski definition) is 2. The summed E-state index contributed by atoms with van der Waals surface area (Å²) >= 11 is 0. The number of benzene rings is 2. The topological polar surface area (TPSA) is 89.0 Å². The lowest BCUT2D eigenvalue weighted by Crippen LogP contribution is -2.32. The summed E-state index contributed by atoms with van der Waals surface area (Å²) in [6.07, 6.45) is 2.29. The third-order valence-electron chi connectivity index (χ3n) is 4.67. The third kappa shape index (κ3) is 2.70. The van der Waals surface area contributed by atoms with Crippen LogP contribution in [-0.2, 0) is 17.8 Å². The van der Waals surface area contributed by atoms with Gasteiger partial charge < -0.3 is 10.3 Å². The van der Waals surface area contributed by atoms with Crippen molar-refractivity contribution in [3.63, 3.8) is 0 Å². The summed E-state index contributed by atoms with van der Waals surface area (Å²) in [5.41, 5.74) is 3.11. The van der Waals surface area contributed by atoms with E-state index in [1.807, 2.05) is 30.5 Å². The fraction of sp³-hybridized carbons (Fsp3) is 0.150. The minimum absolute atomic E-state index is 0.0960. The summed E-state index contributed by atoms with van der Waals surface area (Å²) < 4.78 is 0. The molecular formula is C20H16N4O2. The molecule has 1 aromatic heterocycles. The van der Waals surface area contributed by atoms with Gasteiger partial charge in [0.05, 0.1) is 18.2 Å². The lowest BCUT2D eigenvalue weighted by Gasteiger charge is -2.14. The van der Waals surface area contributed by atoms with Crippen LogP contribution in [0.25, 0.3) is 10.9 Å². The predicted molar refractivity (Wildman–Crippen MR) is 96.0 cm³/mol. The maximum atomic E-state index is 12.7. The van der Waals surface area contributed by atoms with Gasteiger partial charge in [-0.15, -0.1) is 0 Å². The van der Waals surface area contributed by atoms with Gasteiger partial charge >= 0.3 is 6.03 Å². The van der Waals surface area contributed by atoms with Crippen LogP contribution in [0.15, 0.2) is 54.7 Å². The van der Waals surface area contributed by atoms with E-state index in [0.29, 0.717) is 17.5 Å². The van der Waals surface area contributed by atoms with E-state index < -0.39 is 12.1 Å². The van der Waals surface area contributed by atoms with Crippen LogP contribution in [0.5, 0.6) is 0 Å². The van der Waals surface area contributed by atoms with Gasteiger partial charge in [-0.1, -0.05) is 36.4 Å². The van der Waals surface area contributed by atoms with Gasteiger partial charge in [-0.2, -0.15) is 5.26 Å². The van der Waals surface area contributed by atoms with Crippen LogP contribution >= 0.6 is 0 Å². The van der Waals surface area contributed by atoms with Gasteiger partial charge in [-0.05, 0) is 23.3 Å². The molecule has 2 aromatic carbocycles. The Hall–Kier alpha value is -3.59. The van der Waals surface area contributed by atoms with Crippen molar-refractivity contribution in [2.75, 3.05) is 0 Å². The van der Waals surface area contributed by atoms with E-state index in [1.165, 1.54) is 4.90 Å². The predicted octanol–water partition coefficient (Wildman–Crippen LogP) is 2.70. The third-order valence-corrected chi connectivity index (χ3v) is 4.67. The average Bonchev–Trinajstić information content (AvgIpc) is 3.19. The number of carbonyl (C=O) groups is 2. The van der Waals surface area contributed by atoms with Crippen molar-refractivity contribution in [3.8, 4) is 6.07 Å². The first-order chi connectivity index (χ1) is 12.7. The van der Waals surface area contributed by atoms with Gasteiger partial charge in [0.2, 0.25) is 0 Å². The zero-order valence-electron chi connectivity index (χ0n) is 13.9. The zero-order chi connectivity index (χ0) is 18.1. The van der Waals surface area contributed by atoms with Crippen LogP contribution in [0.1, 0.15) is 16.7 Å². The van der Waals surface area contributed by atoms with Crippen molar-refractivity contribution >= 4 is 22.8 Å². The number of amides is 3. The highest BCUT2D eigenvalue weighted by Gasteiger charge is 2.38. The number of nitrogens with zero attached hydrogens (tertiary/aromatic N) is 2. The van der Waals surface area contributed by atoms with Crippen LogP contribution in [0, 0.1) is 11.3 Å². The van der Waals surface area contributed by atoms with E-state index in [-0.39, 0.29) is 12.5 Å². The molecule has 26 heavy (non-hydrogen) atoms. The van der Waals surface area contributed by atoms with Gasteiger partial charge in [-0.25, -0.2) is 4.79 Å². The number of fused-ring (bicyclic) bond motifs is 1. The number of hydrogen-bond acceptors (Lipinski definition) is 3. The SMILES string of the molecule is N#Cc1ccccc1CN1C(=O)NC(Cc2c[nH]c3ccccc23)C1=O. The molecule has 0 aliphatic carbocycles. The monoisotopic (exact) mass is 344 g/mol. The fourth-order valence-corrected chi connectivity index (χ4v) is 3.32. The summed E-state index contributed by atoms with van der Waals surface area (Å²) in [5.74, 6) is -0.270. The van der Waals surface area contributed by atoms with E-state index in [1.54, 1.807) is 24.3 Å². The second kappa shape index (κ2) is 6.37. The summed E-state index contributed by atoms with van der Waals surface area (Å²) in [5, 5.41) is 13.0. The standard InChI is InChI=1S/C20H16N4O2/c21-10-13-5-1-2-6-14(13)12-24-19(25)18(23-20(24)26)9-15-11-22-17-8-4-3-7-16(15)17/h1-8,11,18,22H,9,12H2,(H,23,26). The quantitative estimate of drug-likeness (QED) is 0.713. The molecule has 4 rings (SSSR count). The molecular weight excluding hydrogens is 328 g/mol. The van der Waals surface area contributed by atoms with Gasteiger partial charge in [0.1, 0.15) is 6.04 Å². The lowest BCUT2D eigenvalue weighted by molar-refractivity contribution is -0.127. The molecule has 1 aliphatic heterocycles. The smallest absolute Gasteiger partial charge is 0.325 e. The Kier molecular flexibility index (Phi) is 3.90. The minimum atomic E-state index is -0.601. The van der Waals surface area contributed by atoms with Crippen LogP contribution in [0.3, 0.4) is 0 Å². The molecule has 0 radical (unpaired) electrons. The van der Waals surface area contributed by atoms with Crippen LogP contribution in [0.4, 0.5) is 4.79 Å². The van der Waals surface area contributed by atoms with Crippen molar-refractivity contribution in [2.24, 2.45) is 0 Å².